The Morgan fingerprint density at radius 1 is 1.40 bits per heavy atom. The zero-order chi connectivity index (χ0) is 14.2. The van der Waals surface area contributed by atoms with Crippen LogP contribution in [0.5, 0.6) is 5.75 Å². The Morgan fingerprint density at radius 2 is 2.25 bits per heavy atom. The van der Waals surface area contributed by atoms with E-state index in [0.717, 1.165) is 30.6 Å². The number of sulfonamides is 1. The van der Waals surface area contributed by atoms with E-state index in [1.165, 1.54) is 0 Å². The Morgan fingerprint density at radius 3 is 3.05 bits per heavy atom. The second-order valence-electron chi connectivity index (χ2n) is 5.36. The van der Waals surface area contributed by atoms with Crippen molar-refractivity contribution in [1.82, 2.24) is 9.62 Å². The van der Waals surface area contributed by atoms with Crippen LogP contribution in [0.2, 0.25) is 0 Å². The van der Waals surface area contributed by atoms with E-state index >= 15 is 0 Å². The van der Waals surface area contributed by atoms with E-state index in [4.69, 9.17) is 4.74 Å². The number of likely N-dealkylation sites (N-methyl/N-ethyl adjacent to an activating group) is 1. The number of nitrogens with one attached hydrogen (secondary N) is 1. The number of fused-ring (bicyclic) bond motifs is 1. The minimum absolute atomic E-state index is 0.247. The van der Waals surface area contributed by atoms with Crippen LogP contribution in [0.4, 0.5) is 0 Å². The van der Waals surface area contributed by atoms with E-state index in [-0.39, 0.29) is 6.04 Å². The van der Waals surface area contributed by atoms with Crippen LogP contribution in [0.15, 0.2) is 23.1 Å². The van der Waals surface area contributed by atoms with Crippen molar-refractivity contribution >= 4 is 10.0 Å². The topological polar surface area (TPSA) is 58.6 Å². The Balaban J connectivity index is 1.87. The number of benzene rings is 1. The third kappa shape index (κ3) is 2.43. The Hall–Kier alpha value is -1.11. The standard InChI is InChI=1S/C14H20N2O3S/c1-15-12-3-2-7-16(10-12)20(17,18)13-4-5-14-11(9-13)6-8-19-14/h4-5,9,12,15H,2-3,6-8,10H2,1H3. The fourth-order valence-corrected chi connectivity index (χ4v) is 4.44. The van der Waals surface area contributed by atoms with Gasteiger partial charge in [-0.3, -0.25) is 0 Å². The van der Waals surface area contributed by atoms with E-state index in [9.17, 15) is 8.42 Å². The van der Waals surface area contributed by atoms with Crippen LogP contribution in [-0.2, 0) is 16.4 Å². The van der Waals surface area contributed by atoms with E-state index < -0.39 is 10.0 Å². The normalized spacial score (nSPS) is 23.4. The molecule has 0 saturated carbocycles. The summed E-state index contributed by atoms with van der Waals surface area (Å²) in [4.78, 5) is 0.388. The van der Waals surface area contributed by atoms with Gasteiger partial charge in [-0.1, -0.05) is 0 Å². The van der Waals surface area contributed by atoms with Gasteiger partial charge in [0.1, 0.15) is 5.75 Å². The number of ether oxygens (including phenoxy) is 1. The predicted molar refractivity (Wildman–Crippen MR) is 76.5 cm³/mol. The van der Waals surface area contributed by atoms with Crippen molar-refractivity contribution in [2.24, 2.45) is 0 Å². The van der Waals surface area contributed by atoms with Gasteiger partial charge in [0.2, 0.25) is 10.0 Å². The van der Waals surface area contributed by atoms with Crippen molar-refractivity contribution in [2.45, 2.75) is 30.2 Å². The SMILES string of the molecule is CNC1CCCN(S(=O)(=O)c2ccc3c(c2)CCO3)C1. The summed E-state index contributed by atoms with van der Waals surface area (Å²) in [6.45, 7) is 1.80. The smallest absolute Gasteiger partial charge is 0.243 e. The molecule has 1 aromatic rings. The zero-order valence-corrected chi connectivity index (χ0v) is 12.4. The minimum atomic E-state index is -3.39. The lowest BCUT2D eigenvalue weighted by Crippen LogP contribution is -2.46. The summed E-state index contributed by atoms with van der Waals surface area (Å²) < 4.78 is 32.4. The van der Waals surface area contributed by atoms with E-state index in [1.54, 1.807) is 22.5 Å². The molecule has 0 spiro atoms. The number of hydrogen-bond donors (Lipinski definition) is 1. The quantitative estimate of drug-likeness (QED) is 0.904. The van der Waals surface area contributed by atoms with Crippen LogP contribution >= 0.6 is 0 Å². The molecule has 20 heavy (non-hydrogen) atoms. The van der Waals surface area contributed by atoms with Crippen molar-refractivity contribution in [3.05, 3.63) is 23.8 Å². The maximum atomic E-state index is 12.7. The van der Waals surface area contributed by atoms with Gasteiger partial charge in [0, 0.05) is 25.6 Å². The van der Waals surface area contributed by atoms with Gasteiger partial charge in [-0.05, 0) is 43.7 Å². The highest BCUT2D eigenvalue weighted by Crippen LogP contribution is 2.29. The first-order valence-corrected chi connectivity index (χ1v) is 8.48. The summed E-state index contributed by atoms with van der Waals surface area (Å²) in [5.74, 6) is 0.815. The summed E-state index contributed by atoms with van der Waals surface area (Å²) in [5.41, 5.74) is 0.994. The van der Waals surface area contributed by atoms with Crippen molar-refractivity contribution in [2.75, 3.05) is 26.7 Å². The average molecular weight is 296 g/mol. The number of piperidine rings is 1. The molecule has 6 heteroatoms. The maximum absolute atomic E-state index is 12.7. The first kappa shape index (κ1) is 13.9. The lowest BCUT2D eigenvalue weighted by atomic mass is 10.1. The second-order valence-corrected chi connectivity index (χ2v) is 7.30. The molecular formula is C14H20N2O3S. The molecule has 1 atom stereocenters. The summed E-state index contributed by atoms with van der Waals surface area (Å²) >= 11 is 0. The molecular weight excluding hydrogens is 276 g/mol. The highest BCUT2D eigenvalue weighted by Gasteiger charge is 2.30. The Labute approximate surface area is 120 Å². The van der Waals surface area contributed by atoms with Crippen LogP contribution in [0.1, 0.15) is 18.4 Å². The summed E-state index contributed by atoms with van der Waals surface area (Å²) in [6, 6.07) is 5.44. The second kappa shape index (κ2) is 5.35. The molecule has 0 aliphatic carbocycles. The maximum Gasteiger partial charge on any atom is 0.243 e. The Kier molecular flexibility index (Phi) is 3.70. The molecule has 1 unspecified atom stereocenters. The summed E-state index contributed by atoms with van der Waals surface area (Å²) in [6.07, 6.45) is 2.72. The highest BCUT2D eigenvalue weighted by molar-refractivity contribution is 7.89. The highest BCUT2D eigenvalue weighted by atomic mass is 32.2. The molecule has 5 nitrogen and oxygen atoms in total. The molecule has 2 aliphatic heterocycles. The van der Waals surface area contributed by atoms with Gasteiger partial charge in [0.25, 0.3) is 0 Å². The molecule has 0 radical (unpaired) electrons. The molecule has 0 aromatic heterocycles. The molecule has 110 valence electrons. The average Bonchev–Trinajstić information content (AvgIpc) is 2.94. The molecule has 1 fully saturated rings. The van der Waals surface area contributed by atoms with Gasteiger partial charge in [-0.2, -0.15) is 4.31 Å². The first-order valence-electron chi connectivity index (χ1n) is 7.04. The van der Waals surface area contributed by atoms with E-state index in [0.29, 0.717) is 24.6 Å². The third-order valence-corrected chi connectivity index (χ3v) is 5.95. The van der Waals surface area contributed by atoms with Crippen LogP contribution in [0, 0.1) is 0 Å². The third-order valence-electron chi connectivity index (χ3n) is 4.09. The van der Waals surface area contributed by atoms with E-state index in [2.05, 4.69) is 5.32 Å². The number of nitrogens with zero attached hydrogens (tertiary/aromatic N) is 1. The molecule has 1 N–H and O–H groups in total. The van der Waals surface area contributed by atoms with Crippen molar-refractivity contribution < 1.29 is 13.2 Å². The van der Waals surface area contributed by atoms with Gasteiger partial charge in [-0.25, -0.2) is 8.42 Å². The summed E-state index contributed by atoms with van der Waals surface area (Å²) in [5, 5.41) is 3.17. The molecule has 2 aliphatic rings. The summed E-state index contributed by atoms with van der Waals surface area (Å²) in [7, 11) is -1.51. The van der Waals surface area contributed by atoms with Crippen molar-refractivity contribution in [1.29, 1.82) is 0 Å². The largest absolute Gasteiger partial charge is 0.493 e. The van der Waals surface area contributed by atoms with Crippen molar-refractivity contribution in [3.63, 3.8) is 0 Å². The lowest BCUT2D eigenvalue weighted by Gasteiger charge is -2.31. The van der Waals surface area contributed by atoms with Gasteiger partial charge >= 0.3 is 0 Å². The molecule has 1 saturated heterocycles. The van der Waals surface area contributed by atoms with Gasteiger partial charge in [-0.15, -0.1) is 0 Å². The lowest BCUT2D eigenvalue weighted by molar-refractivity contribution is 0.293. The fourth-order valence-electron chi connectivity index (χ4n) is 2.87. The van der Waals surface area contributed by atoms with Crippen LogP contribution < -0.4 is 10.1 Å². The minimum Gasteiger partial charge on any atom is -0.493 e. The molecule has 3 rings (SSSR count). The molecule has 0 amide bonds. The molecule has 2 heterocycles. The van der Waals surface area contributed by atoms with Gasteiger partial charge in [0.05, 0.1) is 11.5 Å². The monoisotopic (exact) mass is 296 g/mol. The molecule has 0 bridgehead atoms. The van der Waals surface area contributed by atoms with E-state index in [1.807, 2.05) is 7.05 Å². The zero-order valence-electron chi connectivity index (χ0n) is 11.6. The first-order chi connectivity index (χ1) is 9.61. The number of rotatable bonds is 3. The Bertz CT molecular complexity index is 600. The number of hydrogen-bond acceptors (Lipinski definition) is 4. The van der Waals surface area contributed by atoms with Crippen molar-refractivity contribution in [3.8, 4) is 5.75 Å². The predicted octanol–water partition coefficient (Wildman–Crippen LogP) is 0.994. The van der Waals surface area contributed by atoms with Gasteiger partial charge in [0.15, 0.2) is 0 Å². The van der Waals surface area contributed by atoms with Crippen LogP contribution in [-0.4, -0.2) is 45.5 Å². The van der Waals surface area contributed by atoms with Gasteiger partial charge < -0.3 is 10.1 Å². The van der Waals surface area contributed by atoms with Crippen LogP contribution in [0.25, 0.3) is 0 Å². The fraction of sp³-hybridized carbons (Fsp3) is 0.571. The van der Waals surface area contributed by atoms with Crippen LogP contribution in [0.3, 0.4) is 0 Å². The molecule has 1 aromatic carbocycles.